The zero-order valence-electron chi connectivity index (χ0n) is 10.3. The first-order valence-electron chi connectivity index (χ1n) is 5.85. The molecule has 0 spiro atoms. The molecule has 1 aromatic carbocycles. The van der Waals surface area contributed by atoms with Gasteiger partial charge in [0.15, 0.2) is 0 Å². The fourth-order valence-electron chi connectivity index (χ4n) is 2.32. The van der Waals surface area contributed by atoms with Gasteiger partial charge in [0.25, 0.3) is 0 Å². The Bertz CT molecular complexity index is 447. The second kappa shape index (κ2) is 5.37. The molecule has 5 nitrogen and oxygen atoms in total. The first-order valence-corrected chi connectivity index (χ1v) is 5.85. The highest BCUT2D eigenvalue weighted by Gasteiger charge is 2.28. The van der Waals surface area contributed by atoms with Gasteiger partial charge in [0.1, 0.15) is 12.4 Å². The zero-order valence-corrected chi connectivity index (χ0v) is 10.3. The van der Waals surface area contributed by atoms with Crippen molar-refractivity contribution in [2.75, 3.05) is 13.7 Å². The highest BCUT2D eigenvalue weighted by atomic mass is 16.5. The average molecular weight is 251 g/mol. The molecule has 0 saturated carbocycles. The lowest BCUT2D eigenvalue weighted by molar-refractivity contribution is -0.144. The summed E-state index contributed by atoms with van der Waals surface area (Å²) in [6.07, 6.45) is 0.995. The Balaban J connectivity index is 2.17. The number of rotatable bonds is 4. The van der Waals surface area contributed by atoms with Gasteiger partial charge in [-0.1, -0.05) is 12.1 Å². The van der Waals surface area contributed by atoms with Crippen LogP contribution in [0.5, 0.6) is 5.75 Å². The van der Waals surface area contributed by atoms with Gasteiger partial charge in [-0.15, -0.1) is 0 Å². The molecule has 3 N–H and O–H groups in total. The first kappa shape index (κ1) is 12.9. The van der Waals surface area contributed by atoms with Gasteiger partial charge < -0.3 is 20.3 Å². The van der Waals surface area contributed by atoms with Crippen LogP contribution >= 0.6 is 0 Å². The van der Waals surface area contributed by atoms with Crippen LogP contribution in [0.15, 0.2) is 18.2 Å². The zero-order chi connectivity index (χ0) is 13.1. The minimum atomic E-state index is -0.979. The van der Waals surface area contributed by atoms with E-state index in [0.717, 1.165) is 16.9 Å². The van der Waals surface area contributed by atoms with Gasteiger partial charge in [0, 0.05) is 12.5 Å². The van der Waals surface area contributed by atoms with Crippen LogP contribution in [-0.2, 0) is 22.4 Å². The molecule has 0 saturated heterocycles. The second-order valence-electron chi connectivity index (χ2n) is 4.41. The van der Waals surface area contributed by atoms with E-state index < -0.39 is 5.97 Å². The van der Waals surface area contributed by atoms with Crippen molar-refractivity contribution >= 4 is 5.97 Å². The van der Waals surface area contributed by atoms with E-state index in [1.165, 1.54) is 0 Å². The van der Waals surface area contributed by atoms with Gasteiger partial charge in [-0.05, 0) is 23.6 Å². The molecule has 2 atom stereocenters. The number of carboxylic acid groups (broad SMARTS) is 1. The number of carboxylic acids is 1. The molecule has 0 aromatic heterocycles. The summed E-state index contributed by atoms with van der Waals surface area (Å²) in [7, 11) is 1.62. The number of carbonyl (C=O) groups is 1. The summed E-state index contributed by atoms with van der Waals surface area (Å²) in [5.74, 6) is -0.170. The topological polar surface area (TPSA) is 81.8 Å². The second-order valence-corrected chi connectivity index (χ2v) is 4.41. The SMILES string of the molecule is COc1cccc2c1CC(OCC(=O)O)C(N)C2. The smallest absolute Gasteiger partial charge is 0.329 e. The van der Waals surface area contributed by atoms with Gasteiger partial charge in [0.2, 0.25) is 0 Å². The van der Waals surface area contributed by atoms with Crippen molar-refractivity contribution in [2.45, 2.75) is 25.0 Å². The number of fused-ring (bicyclic) bond motifs is 1. The number of methoxy groups -OCH3 is 1. The fraction of sp³-hybridized carbons (Fsp3) is 0.462. The molecule has 0 amide bonds. The quantitative estimate of drug-likeness (QED) is 0.818. The average Bonchev–Trinajstić information content (AvgIpc) is 2.35. The van der Waals surface area contributed by atoms with Crippen LogP contribution in [-0.4, -0.2) is 36.9 Å². The van der Waals surface area contributed by atoms with Crippen molar-refractivity contribution in [1.29, 1.82) is 0 Å². The van der Waals surface area contributed by atoms with Crippen LogP contribution in [0.25, 0.3) is 0 Å². The number of hydrogen-bond donors (Lipinski definition) is 2. The van der Waals surface area contributed by atoms with Crippen LogP contribution in [0, 0.1) is 0 Å². The molecule has 2 unspecified atom stereocenters. The third-order valence-corrected chi connectivity index (χ3v) is 3.21. The van der Waals surface area contributed by atoms with Crippen LogP contribution in [0.1, 0.15) is 11.1 Å². The Hall–Kier alpha value is -1.59. The molecule has 1 aromatic rings. The molecule has 5 heteroatoms. The first-order chi connectivity index (χ1) is 8.61. The van der Waals surface area contributed by atoms with E-state index in [1.807, 2.05) is 18.2 Å². The van der Waals surface area contributed by atoms with E-state index in [2.05, 4.69) is 0 Å². The Morgan fingerprint density at radius 1 is 1.50 bits per heavy atom. The Morgan fingerprint density at radius 2 is 2.28 bits per heavy atom. The van der Waals surface area contributed by atoms with E-state index in [4.69, 9.17) is 20.3 Å². The largest absolute Gasteiger partial charge is 0.496 e. The summed E-state index contributed by atoms with van der Waals surface area (Å²) >= 11 is 0. The van der Waals surface area contributed by atoms with Crippen molar-refractivity contribution in [3.8, 4) is 5.75 Å². The lowest BCUT2D eigenvalue weighted by Crippen LogP contribution is -2.44. The maximum atomic E-state index is 10.5. The number of hydrogen-bond acceptors (Lipinski definition) is 4. The molecule has 1 aliphatic rings. The van der Waals surface area contributed by atoms with Crippen LogP contribution in [0.2, 0.25) is 0 Å². The van der Waals surface area contributed by atoms with Crippen LogP contribution < -0.4 is 10.5 Å². The number of benzene rings is 1. The summed E-state index contributed by atoms with van der Waals surface area (Å²) in [6, 6.07) is 5.67. The van der Waals surface area contributed by atoms with E-state index in [9.17, 15) is 4.79 Å². The van der Waals surface area contributed by atoms with Crippen molar-refractivity contribution in [3.05, 3.63) is 29.3 Å². The molecule has 2 rings (SSSR count). The minimum absolute atomic E-state index is 0.177. The molecule has 98 valence electrons. The monoisotopic (exact) mass is 251 g/mol. The van der Waals surface area contributed by atoms with Crippen LogP contribution in [0.4, 0.5) is 0 Å². The van der Waals surface area contributed by atoms with Crippen molar-refractivity contribution in [1.82, 2.24) is 0 Å². The number of aliphatic carboxylic acids is 1. The van der Waals surface area contributed by atoms with E-state index in [1.54, 1.807) is 7.11 Å². The molecule has 0 bridgehead atoms. The highest BCUT2D eigenvalue weighted by Crippen LogP contribution is 2.30. The Kier molecular flexibility index (Phi) is 3.84. The van der Waals surface area contributed by atoms with Crippen molar-refractivity contribution < 1.29 is 19.4 Å². The molecular formula is C13H17NO4. The molecular weight excluding hydrogens is 234 g/mol. The fourth-order valence-corrected chi connectivity index (χ4v) is 2.32. The molecule has 1 aliphatic carbocycles. The van der Waals surface area contributed by atoms with Gasteiger partial charge in [-0.2, -0.15) is 0 Å². The van der Waals surface area contributed by atoms with E-state index >= 15 is 0 Å². The Morgan fingerprint density at radius 3 is 2.94 bits per heavy atom. The van der Waals surface area contributed by atoms with Gasteiger partial charge in [-0.25, -0.2) is 4.79 Å². The summed E-state index contributed by atoms with van der Waals surface area (Å²) in [6.45, 7) is -0.317. The summed E-state index contributed by atoms with van der Waals surface area (Å²) in [5.41, 5.74) is 8.23. The molecule has 0 radical (unpaired) electrons. The highest BCUT2D eigenvalue weighted by molar-refractivity contribution is 5.68. The minimum Gasteiger partial charge on any atom is -0.496 e. The lowest BCUT2D eigenvalue weighted by atomic mass is 9.86. The molecule has 0 aliphatic heterocycles. The molecule has 0 heterocycles. The molecule has 0 fully saturated rings. The predicted octanol–water partition coefficient (Wildman–Crippen LogP) is 0.591. The standard InChI is InChI=1S/C13H17NO4/c1-17-11-4-2-3-8-5-10(14)12(6-9(8)11)18-7-13(15)16/h2-4,10,12H,5-7,14H2,1H3,(H,15,16). The Labute approximate surface area is 106 Å². The third kappa shape index (κ3) is 2.63. The maximum Gasteiger partial charge on any atom is 0.329 e. The van der Waals surface area contributed by atoms with Crippen LogP contribution in [0.3, 0.4) is 0 Å². The summed E-state index contributed by atoms with van der Waals surface area (Å²) in [5, 5.41) is 8.64. The summed E-state index contributed by atoms with van der Waals surface area (Å²) < 4.78 is 10.6. The van der Waals surface area contributed by atoms with Gasteiger partial charge >= 0.3 is 5.97 Å². The van der Waals surface area contributed by atoms with Crippen molar-refractivity contribution in [2.24, 2.45) is 5.73 Å². The predicted molar refractivity (Wildman–Crippen MR) is 65.8 cm³/mol. The molecule has 18 heavy (non-hydrogen) atoms. The number of nitrogens with two attached hydrogens (primary N) is 1. The number of ether oxygens (including phenoxy) is 2. The summed E-state index contributed by atoms with van der Waals surface area (Å²) in [4.78, 5) is 10.5. The normalized spacial score (nSPS) is 22.3. The lowest BCUT2D eigenvalue weighted by Gasteiger charge is -2.31. The van der Waals surface area contributed by atoms with Gasteiger partial charge in [-0.3, -0.25) is 0 Å². The van der Waals surface area contributed by atoms with E-state index in [0.29, 0.717) is 12.8 Å². The van der Waals surface area contributed by atoms with E-state index in [-0.39, 0.29) is 18.8 Å². The van der Waals surface area contributed by atoms with Gasteiger partial charge in [0.05, 0.1) is 13.2 Å². The van der Waals surface area contributed by atoms with Crippen molar-refractivity contribution in [3.63, 3.8) is 0 Å². The maximum absolute atomic E-state index is 10.5. The third-order valence-electron chi connectivity index (χ3n) is 3.21.